The molecule has 0 spiro atoms. The second-order valence-corrected chi connectivity index (χ2v) is 5.18. The standard InChI is InChI=1S/C13H21ClN2/c1-10(2)6-7-16(3)9-11-4-5-13(15)12(14)8-11/h4-5,8,10H,6-7,9,15H2,1-3H3. The largest absolute Gasteiger partial charge is 0.398 e. The van der Waals surface area contributed by atoms with Crippen LogP contribution in [0.2, 0.25) is 5.02 Å². The first-order chi connectivity index (χ1) is 7.49. The predicted molar refractivity (Wildman–Crippen MR) is 71.7 cm³/mol. The van der Waals surface area contributed by atoms with Crippen molar-refractivity contribution in [3.05, 3.63) is 28.8 Å². The number of nitrogens with two attached hydrogens (primary N) is 1. The first-order valence-corrected chi connectivity index (χ1v) is 6.09. The molecule has 0 aliphatic heterocycles. The quantitative estimate of drug-likeness (QED) is 0.800. The molecule has 0 aromatic heterocycles. The third-order valence-corrected chi connectivity index (χ3v) is 2.93. The molecule has 0 amide bonds. The van der Waals surface area contributed by atoms with Gasteiger partial charge in [-0.3, -0.25) is 0 Å². The van der Waals surface area contributed by atoms with Gasteiger partial charge in [0.25, 0.3) is 0 Å². The van der Waals surface area contributed by atoms with Crippen LogP contribution in [0.5, 0.6) is 0 Å². The van der Waals surface area contributed by atoms with Gasteiger partial charge in [-0.1, -0.05) is 31.5 Å². The number of halogens is 1. The number of anilines is 1. The Morgan fingerprint density at radius 1 is 1.38 bits per heavy atom. The van der Waals surface area contributed by atoms with Crippen LogP contribution in [0.3, 0.4) is 0 Å². The van der Waals surface area contributed by atoms with E-state index in [0.29, 0.717) is 10.7 Å². The lowest BCUT2D eigenvalue weighted by atomic mass is 10.1. The van der Waals surface area contributed by atoms with Crippen LogP contribution >= 0.6 is 11.6 Å². The van der Waals surface area contributed by atoms with E-state index in [9.17, 15) is 0 Å². The normalized spacial score (nSPS) is 11.4. The Balaban J connectivity index is 2.49. The van der Waals surface area contributed by atoms with Crippen molar-refractivity contribution in [3.8, 4) is 0 Å². The molecule has 3 heteroatoms. The monoisotopic (exact) mass is 240 g/mol. The summed E-state index contributed by atoms with van der Waals surface area (Å²) >= 11 is 5.98. The second kappa shape index (κ2) is 6.12. The number of nitrogen functional groups attached to an aromatic ring is 1. The molecular formula is C13H21ClN2. The zero-order valence-corrected chi connectivity index (χ0v) is 11.1. The molecule has 2 nitrogen and oxygen atoms in total. The van der Waals surface area contributed by atoms with Crippen LogP contribution in [-0.2, 0) is 6.54 Å². The summed E-state index contributed by atoms with van der Waals surface area (Å²) in [6.45, 7) is 6.52. The molecule has 0 bridgehead atoms. The molecule has 0 saturated carbocycles. The van der Waals surface area contributed by atoms with E-state index in [4.69, 9.17) is 17.3 Å². The Morgan fingerprint density at radius 3 is 2.62 bits per heavy atom. The molecule has 0 unspecified atom stereocenters. The Labute approximate surface area is 103 Å². The topological polar surface area (TPSA) is 29.3 Å². The summed E-state index contributed by atoms with van der Waals surface area (Å²) in [4.78, 5) is 2.31. The summed E-state index contributed by atoms with van der Waals surface area (Å²) in [5, 5.41) is 0.648. The van der Waals surface area contributed by atoms with Gasteiger partial charge in [-0.15, -0.1) is 0 Å². The SMILES string of the molecule is CC(C)CCN(C)Cc1ccc(N)c(Cl)c1. The maximum Gasteiger partial charge on any atom is 0.0638 e. The van der Waals surface area contributed by atoms with Crippen LogP contribution in [0.1, 0.15) is 25.8 Å². The van der Waals surface area contributed by atoms with E-state index in [1.807, 2.05) is 18.2 Å². The molecule has 0 aliphatic rings. The van der Waals surface area contributed by atoms with Crippen molar-refractivity contribution in [3.63, 3.8) is 0 Å². The van der Waals surface area contributed by atoms with Crippen molar-refractivity contribution in [1.29, 1.82) is 0 Å². The lowest BCUT2D eigenvalue weighted by Gasteiger charge is -2.18. The average molecular weight is 241 g/mol. The maximum atomic E-state index is 5.98. The zero-order valence-electron chi connectivity index (χ0n) is 10.3. The minimum atomic E-state index is 0.648. The van der Waals surface area contributed by atoms with Crippen molar-refractivity contribution in [1.82, 2.24) is 4.90 Å². The van der Waals surface area contributed by atoms with Gasteiger partial charge in [-0.2, -0.15) is 0 Å². The lowest BCUT2D eigenvalue weighted by molar-refractivity contribution is 0.303. The molecule has 0 aliphatic carbocycles. The molecule has 0 radical (unpaired) electrons. The second-order valence-electron chi connectivity index (χ2n) is 4.78. The number of benzene rings is 1. The van der Waals surface area contributed by atoms with Crippen LogP contribution in [0.15, 0.2) is 18.2 Å². The number of rotatable bonds is 5. The van der Waals surface area contributed by atoms with Gasteiger partial charge in [0.05, 0.1) is 10.7 Å². The molecule has 1 aromatic rings. The van der Waals surface area contributed by atoms with E-state index in [-0.39, 0.29) is 0 Å². The van der Waals surface area contributed by atoms with E-state index >= 15 is 0 Å². The molecule has 90 valence electrons. The number of hydrogen-bond donors (Lipinski definition) is 1. The molecule has 0 saturated heterocycles. The Bertz CT molecular complexity index is 337. The van der Waals surface area contributed by atoms with Crippen molar-refractivity contribution >= 4 is 17.3 Å². The summed E-state index contributed by atoms with van der Waals surface area (Å²) in [5.41, 5.74) is 7.53. The lowest BCUT2D eigenvalue weighted by Crippen LogP contribution is -2.20. The van der Waals surface area contributed by atoms with Crippen LogP contribution in [0.4, 0.5) is 5.69 Å². The third kappa shape index (κ3) is 4.42. The van der Waals surface area contributed by atoms with E-state index < -0.39 is 0 Å². The van der Waals surface area contributed by atoms with Crippen molar-refractivity contribution in [2.24, 2.45) is 5.92 Å². The molecule has 0 fully saturated rings. The van der Waals surface area contributed by atoms with E-state index in [1.165, 1.54) is 12.0 Å². The number of nitrogens with zero attached hydrogens (tertiary/aromatic N) is 1. The highest BCUT2D eigenvalue weighted by Gasteiger charge is 2.03. The molecular weight excluding hydrogens is 220 g/mol. The summed E-state index contributed by atoms with van der Waals surface area (Å²) < 4.78 is 0. The van der Waals surface area contributed by atoms with E-state index in [0.717, 1.165) is 19.0 Å². The minimum Gasteiger partial charge on any atom is -0.398 e. The van der Waals surface area contributed by atoms with Gasteiger partial charge < -0.3 is 10.6 Å². The highest BCUT2D eigenvalue weighted by molar-refractivity contribution is 6.33. The minimum absolute atomic E-state index is 0.648. The summed E-state index contributed by atoms with van der Waals surface area (Å²) in [6.07, 6.45) is 1.22. The molecule has 2 N–H and O–H groups in total. The Hall–Kier alpha value is -0.730. The molecule has 1 aromatic carbocycles. The average Bonchev–Trinajstić information content (AvgIpc) is 2.21. The maximum absolute atomic E-state index is 5.98. The molecule has 1 rings (SSSR count). The Kier molecular flexibility index (Phi) is 5.10. The molecule has 0 atom stereocenters. The van der Waals surface area contributed by atoms with Crippen molar-refractivity contribution in [2.75, 3.05) is 19.3 Å². The van der Waals surface area contributed by atoms with Gasteiger partial charge in [0.15, 0.2) is 0 Å². The van der Waals surface area contributed by atoms with Gasteiger partial charge in [0, 0.05) is 6.54 Å². The van der Waals surface area contributed by atoms with E-state index in [2.05, 4.69) is 25.8 Å². The fourth-order valence-electron chi connectivity index (χ4n) is 1.54. The fourth-order valence-corrected chi connectivity index (χ4v) is 1.74. The van der Waals surface area contributed by atoms with Gasteiger partial charge in [-0.25, -0.2) is 0 Å². The smallest absolute Gasteiger partial charge is 0.0638 e. The summed E-state index contributed by atoms with van der Waals surface area (Å²) in [6, 6.07) is 5.85. The van der Waals surface area contributed by atoms with Crippen molar-refractivity contribution < 1.29 is 0 Å². The van der Waals surface area contributed by atoms with Gasteiger partial charge >= 0.3 is 0 Å². The van der Waals surface area contributed by atoms with E-state index in [1.54, 1.807) is 0 Å². The summed E-state index contributed by atoms with van der Waals surface area (Å²) in [5.74, 6) is 0.748. The highest BCUT2D eigenvalue weighted by atomic mass is 35.5. The van der Waals surface area contributed by atoms with Gasteiger partial charge in [-0.05, 0) is 43.6 Å². The molecule has 16 heavy (non-hydrogen) atoms. The van der Waals surface area contributed by atoms with Gasteiger partial charge in [0.1, 0.15) is 0 Å². The van der Waals surface area contributed by atoms with Crippen LogP contribution in [0.25, 0.3) is 0 Å². The molecule has 0 heterocycles. The van der Waals surface area contributed by atoms with Crippen LogP contribution in [0, 0.1) is 5.92 Å². The highest BCUT2D eigenvalue weighted by Crippen LogP contribution is 2.20. The fraction of sp³-hybridized carbons (Fsp3) is 0.538. The Morgan fingerprint density at radius 2 is 2.06 bits per heavy atom. The van der Waals surface area contributed by atoms with Gasteiger partial charge in [0.2, 0.25) is 0 Å². The van der Waals surface area contributed by atoms with Crippen molar-refractivity contribution in [2.45, 2.75) is 26.8 Å². The summed E-state index contributed by atoms with van der Waals surface area (Å²) in [7, 11) is 2.13. The predicted octanol–water partition coefficient (Wildman–Crippen LogP) is 3.40. The number of hydrogen-bond acceptors (Lipinski definition) is 2. The third-order valence-electron chi connectivity index (χ3n) is 2.61. The van der Waals surface area contributed by atoms with Crippen LogP contribution in [-0.4, -0.2) is 18.5 Å². The first kappa shape index (κ1) is 13.3. The van der Waals surface area contributed by atoms with Crippen LogP contribution < -0.4 is 5.73 Å². The zero-order chi connectivity index (χ0) is 12.1. The first-order valence-electron chi connectivity index (χ1n) is 5.71.